The molecule has 0 aliphatic heterocycles. The molecular weight excluding hydrogens is 300 g/mol. The van der Waals surface area contributed by atoms with E-state index in [0.29, 0.717) is 5.41 Å². The van der Waals surface area contributed by atoms with Crippen LogP contribution < -0.4 is 0 Å². The fourth-order valence-corrected chi connectivity index (χ4v) is 4.78. The predicted octanol–water partition coefficient (Wildman–Crippen LogP) is 7.29. The maximum atomic E-state index is 2.49. The topological polar surface area (TPSA) is 0 Å². The van der Waals surface area contributed by atoms with Crippen LogP contribution in [0.3, 0.4) is 0 Å². The summed E-state index contributed by atoms with van der Waals surface area (Å²) in [4.78, 5) is 0. The van der Waals surface area contributed by atoms with Gasteiger partial charge in [0.05, 0.1) is 0 Å². The Balaban J connectivity index is 1.51. The van der Waals surface area contributed by atoms with Crippen LogP contribution in [0.25, 0.3) is 0 Å². The Hall–Kier alpha value is -1.30. The van der Waals surface area contributed by atoms with E-state index < -0.39 is 0 Å². The van der Waals surface area contributed by atoms with Crippen molar-refractivity contribution in [2.75, 3.05) is 0 Å². The normalized spacial score (nSPS) is 30.0. The van der Waals surface area contributed by atoms with Gasteiger partial charge in [-0.3, -0.25) is 0 Å². The molecule has 0 aromatic heterocycles. The number of hydrogen-bond donors (Lipinski definition) is 0. The standard InChI is InChI=1S/C25H36/c1-4-21-8-10-23(11-9-21)18-22-6-5-7-24(13-12-22)19-25(3)16-14-20(2)15-17-25/h8-11,14-16,22,24H,4-7,12-13,17-19H2,1-3H3. The van der Waals surface area contributed by atoms with E-state index in [0.717, 1.165) is 18.3 Å². The van der Waals surface area contributed by atoms with Crippen molar-refractivity contribution in [2.24, 2.45) is 17.3 Å². The molecule has 2 aliphatic rings. The molecule has 1 aromatic carbocycles. The Morgan fingerprint density at radius 3 is 2.32 bits per heavy atom. The molecule has 0 N–H and O–H groups in total. The Labute approximate surface area is 155 Å². The molecule has 3 rings (SSSR count). The fraction of sp³-hybridized carbons (Fsp3) is 0.600. The molecule has 0 heterocycles. The van der Waals surface area contributed by atoms with E-state index in [2.05, 4.69) is 63.3 Å². The first-order valence-corrected chi connectivity index (χ1v) is 10.5. The van der Waals surface area contributed by atoms with Gasteiger partial charge in [-0.1, -0.05) is 87.6 Å². The van der Waals surface area contributed by atoms with Gasteiger partial charge in [-0.05, 0) is 67.4 Å². The van der Waals surface area contributed by atoms with Crippen molar-refractivity contribution in [1.29, 1.82) is 0 Å². The molecule has 1 saturated carbocycles. The zero-order valence-corrected chi connectivity index (χ0v) is 16.6. The van der Waals surface area contributed by atoms with Gasteiger partial charge in [-0.15, -0.1) is 0 Å². The summed E-state index contributed by atoms with van der Waals surface area (Å²) in [5.74, 6) is 1.82. The van der Waals surface area contributed by atoms with Crippen molar-refractivity contribution < 1.29 is 0 Å². The number of hydrogen-bond acceptors (Lipinski definition) is 0. The van der Waals surface area contributed by atoms with Crippen LogP contribution in [0.15, 0.2) is 48.1 Å². The van der Waals surface area contributed by atoms with E-state index >= 15 is 0 Å². The average Bonchev–Trinajstić information content (AvgIpc) is 2.84. The molecule has 3 unspecified atom stereocenters. The van der Waals surface area contributed by atoms with Crippen LogP contribution in [-0.4, -0.2) is 0 Å². The van der Waals surface area contributed by atoms with E-state index in [1.807, 2.05) is 0 Å². The van der Waals surface area contributed by atoms with Gasteiger partial charge in [0.25, 0.3) is 0 Å². The maximum Gasteiger partial charge on any atom is -0.0106 e. The van der Waals surface area contributed by atoms with Crippen molar-refractivity contribution in [1.82, 2.24) is 0 Å². The third-order valence-electron chi connectivity index (χ3n) is 6.56. The molecule has 3 atom stereocenters. The zero-order valence-electron chi connectivity index (χ0n) is 16.6. The summed E-state index contributed by atoms with van der Waals surface area (Å²) in [6.45, 7) is 6.92. The second kappa shape index (κ2) is 8.39. The van der Waals surface area contributed by atoms with Crippen molar-refractivity contribution >= 4 is 0 Å². The summed E-state index contributed by atoms with van der Waals surface area (Å²) in [7, 11) is 0. The van der Waals surface area contributed by atoms with Gasteiger partial charge in [-0.2, -0.15) is 0 Å². The van der Waals surface area contributed by atoms with Crippen LogP contribution in [-0.2, 0) is 12.8 Å². The third kappa shape index (κ3) is 5.33. The van der Waals surface area contributed by atoms with E-state index in [9.17, 15) is 0 Å². The van der Waals surface area contributed by atoms with Crippen LogP contribution in [0.1, 0.15) is 76.8 Å². The highest BCUT2D eigenvalue weighted by molar-refractivity contribution is 5.24. The van der Waals surface area contributed by atoms with Crippen LogP contribution in [0, 0.1) is 17.3 Å². The molecule has 136 valence electrons. The Morgan fingerprint density at radius 1 is 0.960 bits per heavy atom. The number of benzene rings is 1. The molecule has 0 radical (unpaired) electrons. The molecule has 1 aromatic rings. The van der Waals surface area contributed by atoms with Crippen LogP contribution in [0.4, 0.5) is 0 Å². The minimum Gasteiger partial charge on any atom is -0.0808 e. The second-order valence-electron chi connectivity index (χ2n) is 8.96. The molecule has 2 aliphatic carbocycles. The lowest BCUT2D eigenvalue weighted by atomic mass is 9.73. The summed E-state index contributed by atoms with van der Waals surface area (Å²) in [5.41, 5.74) is 4.85. The van der Waals surface area contributed by atoms with Gasteiger partial charge >= 0.3 is 0 Å². The average molecular weight is 337 g/mol. The van der Waals surface area contributed by atoms with Crippen molar-refractivity contribution in [2.45, 2.75) is 78.6 Å². The molecule has 0 bridgehead atoms. The van der Waals surface area contributed by atoms with E-state index in [4.69, 9.17) is 0 Å². The van der Waals surface area contributed by atoms with E-state index in [-0.39, 0.29) is 0 Å². The molecule has 0 spiro atoms. The van der Waals surface area contributed by atoms with Crippen molar-refractivity contribution in [3.63, 3.8) is 0 Å². The number of allylic oxidation sites excluding steroid dienone is 4. The van der Waals surface area contributed by atoms with Gasteiger partial charge in [0.2, 0.25) is 0 Å². The van der Waals surface area contributed by atoms with Gasteiger partial charge in [-0.25, -0.2) is 0 Å². The minimum atomic E-state index is 0.403. The maximum absolute atomic E-state index is 2.49. The quantitative estimate of drug-likeness (QED) is 0.495. The third-order valence-corrected chi connectivity index (χ3v) is 6.56. The minimum absolute atomic E-state index is 0.403. The summed E-state index contributed by atoms with van der Waals surface area (Å²) >= 11 is 0. The highest BCUT2D eigenvalue weighted by Crippen LogP contribution is 2.41. The van der Waals surface area contributed by atoms with Crippen LogP contribution in [0.2, 0.25) is 0 Å². The lowest BCUT2D eigenvalue weighted by Crippen LogP contribution is -2.19. The smallest absolute Gasteiger partial charge is 0.0106 e. The first-order valence-electron chi connectivity index (χ1n) is 10.5. The Morgan fingerprint density at radius 2 is 1.64 bits per heavy atom. The lowest BCUT2D eigenvalue weighted by molar-refractivity contribution is 0.281. The van der Waals surface area contributed by atoms with Gasteiger partial charge in [0.15, 0.2) is 0 Å². The molecule has 0 amide bonds. The van der Waals surface area contributed by atoms with Gasteiger partial charge < -0.3 is 0 Å². The predicted molar refractivity (Wildman–Crippen MR) is 110 cm³/mol. The van der Waals surface area contributed by atoms with E-state index in [1.165, 1.54) is 62.5 Å². The van der Waals surface area contributed by atoms with Crippen molar-refractivity contribution in [3.8, 4) is 0 Å². The SMILES string of the molecule is CCc1ccc(CC2CCCC(CC3(C)C=CC(C)=CC3)CC2)cc1. The number of aryl methyl sites for hydroxylation is 1. The van der Waals surface area contributed by atoms with Crippen molar-refractivity contribution in [3.05, 3.63) is 59.2 Å². The summed E-state index contributed by atoms with van der Waals surface area (Å²) in [6, 6.07) is 9.37. The first-order chi connectivity index (χ1) is 12.1. The zero-order chi connectivity index (χ0) is 17.7. The number of rotatable bonds is 5. The molecule has 1 fully saturated rings. The second-order valence-corrected chi connectivity index (χ2v) is 8.96. The largest absolute Gasteiger partial charge is 0.0808 e. The molecule has 0 heteroatoms. The molecule has 0 nitrogen and oxygen atoms in total. The lowest BCUT2D eigenvalue weighted by Gasteiger charge is -2.31. The molecular formula is C25H36. The van der Waals surface area contributed by atoms with E-state index in [1.54, 1.807) is 5.56 Å². The Bertz CT molecular complexity index is 603. The fourth-order valence-electron chi connectivity index (χ4n) is 4.78. The van der Waals surface area contributed by atoms with Crippen LogP contribution in [0.5, 0.6) is 0 Å². The summed E-state index contributed by atoms with van der Waals surface area (Å²) in [6.07, 6.45) is 19.5. The highest BCUT2D eigenvalue weighted by Gasteiger charge is 2.28. The summed E-state index contributed by atoms with van der Waals surface area (Å²) in [5, 5.41) is 0. The van der Waals surface area contributed by atoms with Gasteiger partial charge in [0.1, 0.15) is 0 Å². The van der Waals surface area contributed by atoms with Gasteiger partial charge in [0, 0.05) is 0 Å². The molecule has 0 saturated heterocycles. The van der Waals surface area contributed by atoms with Crippen LogP contribution >= 0.6 is 0 Å². The molecule has 25 heavy (non-hydrogen) atoms. The summed E-state index contributed by atoms with van der Waals surface area (Å²) < 4.78 is 0. The highest BCUT2D eigenvalue weighted by atomic mass is 14.3. The first kappa shape index (κ1) is 18.5. The monoisotopic (exact) mass is 336 g/mol. The Kier molecular flexibility index (Phi) is 6.20.